The molecular formula is C24H25F3N6O. The Morgan fingerprint density at radius 2 is 2.09 bits per heavy atom. The summed E-state index contributed by atoms with van der Waals surface area (Å²) >= 11 is 0. The zero-order valence-electron chi connectivity index (χ0n) is 18.6. The van der Waals surface area contributed by atoms with Gasteiger partial charge >= 0.3 is 6.18 Å². The van der Waals surface area contributed by atoms with Gasteiger partial charge < -0.3 is 21.1 Å². The van der Waals surface area contributed by atoms with Gasteiger partial charge in [0.2, 0.25) is 0 Å². The fourth-order valence-electron chi connectivity index (χ4n) is 3.76. The van der Waals surface area contributed by atoms with Crippen LogP contribution in [0.2, 0.25) is 0 Å². The quantitative estimate of drug-likeness (QED) is 0.277. The second kappa shape index (κ2) is 10.1. The van der Waals surface area contributed by atoms with Crippen LogP contribution in [0.25, 0.3) is 11.4 Å². The van der Waals surface area contributed by atoms with E-state index in [0.29, 0.717) is 24.6 Å². The molecule has 0 radical (unpaired) electrons. The summed E-state index contributed by atoms with van der Waals surface area (Å²) in [5.41, 5.74) is 8.66. The van der Waals surface area contributed by atoms with Gasteiger partial charge in [-0.1, -0.05) is 6.07 Å². The monoisotopic (exact) mass is 470 g/mol. The van der Waals surface area contributed by atoms with Crippen molar-refractivity contribution in [1.29, 1.82) is 0 Å². The molecule has 0 spiro atoms. The first-order valence-corrected chi connectivity index (χ1v) is 10.8. The van der Waals surface area contributed by atoms with Crippen molar-refractivity contribution < 1.29 is 17.9 Å². The van der Waals surface area contributed by atoms with Gasteiger partial charge in [-0.15, -0.1) is 0 Å². The SMILES string of the molecule is COCCN=C(Nc1ccc2c(c1)NCCC2)c1ccc(-c2ncccc2C(F)(F)F)nc1N. The summed E-state index contributed by atoms with van der Waals surface area (Å²) < 4.78 is 45.4. The van der Waals surface area contributed by atoms with E-state index >= 15 is 0 Å². The van der Waals surface area contributed by atoms with E-state index in [1.54, 1.807) is 13.2 Å². The summed E-state index contributed by atoms with van der Waals surface area (Å²) in [4.78, 5) is 12.7. The first-order valence-electron chi connectivity index (χ1n) is 10.8. The summed E-state index contributed by atoms with van der Waals surface area (Å²) in [5.74, 6) is 0.484. The fraction of sp³-hybridized carbons (Fsp3) is 0.292. The zero-order valence-corrected chi connectivity index (χ0v) is 18.6. The van der Waals surface area contributed by atoms with Crippen molar-refractivity contribution in [3.8, 4) is 11.4 Å². The highest BCUT2D eigenvalue weighted by atomic mass is 19.4. The number of aliphatic imine (C=N–C) groups is 1. The van der Waals surface area contributed by atoms with Crippen LogP contribution >= 0.6 is 0 Å². The highest BCUT2D eigenvalue weighted by molar-refractivity contribution is 6.11. The van der Waals surface area contributed by atoms with Gasteiger partial charge in [0.1, 0.15) is 17.3 Å². The second-order valence-electron chi connectivity index (χ2n) is 7.78. The molecule has 0 amide bonds. The normalized spacial score (nSPS) is 13.8. The summed E-state index contributed by atoms with van der Waals surface area (Å²) in [5, 5.41) is 6.67. The molecule has 1 aliphatic heterocycles. The third-order valence-electron chi connectivity index (χ3n) is 5.41. The molecule has 4 N–H and O–H groups in total. The summed E-state index contributed by atoms with van der Waals surface area (Å²) in [6.07, 6.45) is -1.17. The largest absolute Gasteiger partial charge is 0.418 e. The smallest absolute Gasteiger partial charge is 0.385 e. The number of aryl methyl sites for hydroxylation is 1. The van der Waals surface area contributed by atoms with Gasteiger partial charge in [-0.3, -0.25) is 9.98 Å². The Balaban J connectivity index is 1.67. The molecule has 0 bridgehead atoms. The molecule has 2 aromatic heterocycles. The molecule has 0 aliphatic carbocycles. The predicted molar refractivity (Wildman–Crippen MR) is 127 cm³/mol. The maximum absolute atomic E-state index is 13.4. The molecule has 1 aliphatic rings. The molecule has 4 rings (SSSR count). The summed E-state index contributed by atoms with van der Waals surface area (Å²) in [7, 11) is 1.58. The fourth-order valence-corrected chi connectivity index (χ4v) is 3.76. The van der Waals surface area contributed by atoms with Crippen LogP contribution in [0, 0.1) is 0 Å². The van der Waals surface area contributed by atoms with Crippen LogP contribution in [0.1, 0.15) is 23.1 Å². The van der Waals surface area contributed by atoms with Crippen LogP contribution < -0.4 is 16.4 Å². The number of alkyl halides is 3. The highest BCUT2D eigenvalue weighted by Crippen LogP contribution is 2.35. The van der Waals surface area contributed by atoms with Gasteiger partial charge in [0, 0.05) is 31.2 Å². The first-order chi connectivity index (χ1) is 16.4. The third-order valence-corrected chi connectivity index (χ3v) is 5.41. The third kappa shape index (κ3) is 5.28. The molecule has 10 heteroatoms. The number of hydrogen-bond donors (Lipinski definition) is 3. The molecule has 0 fully saturated rings. The Bertz CT molecular complexity index is 1200. The number of methoxy groups -OCH3 is 1. The maximum atomic E-state index is 13.4. The second-order valence-corrected chi connectivity index (χ2v) is 7.78. The lowest BCUT2D eigenvalue weighted by Gasteiger charge is -2.20. The van der Waals surface area contributed by atoms with E-state index in [-0.39, 0.29) is 17.2 Å². The van der Waals surface area contributed by atoms with Crippen molar-refractivity contribution in [3.63, 3.8) is 0 Å². The number of nitrogen functional groups attached to an aromatic ring is 1. The Morgan fingerprint density at radius 3 is 2.85 bits per heavy atom. The zero-order chi connectivity index (χ0) is 24.1. The Kier molecular flexibility index (Phi) is 6.97. The van der Waals surface area contributed by atoms with Gasteiger partial charge in [-0.05, 0) is 54.8 Å². The van der Waals surface area contributed by atoms with Crippen LogP contribution in [-0.2, 0) is 17.3 Å². The average molecular weight is 470 g/mol. The number of amidine groups is 1. The Morgan fingerprint density at radius 1 is 1.24 bits per heavy atom. The van der Waals surface area contributed by atoms with Crippen molar-refractivity contribution in [2.24, 2.45) is 4.99 Å². The van der Waals surface area contributed by atoms with Crippen molar-refractivity contribution in [2.45, 2.75) is 19.0 Å². The highest BCUT2D eigenvalue weighted by Gasteiger charge is 2.34. The molecule has 0 saturated carbocycles. The topological polar surface area (TPSA) is 97.5 Å². The van der Waals surface area contributed by atoms with Gasteiger partial charge in [-0.2, -0.15) is 13.2 Å². The van der Waals surface area contributed by atoms with E-state index in [4.69, 9.17) is 10.5 Å². The lowest BCUT2D eigenvalue weighted by molar-refractivity contribution is -0.137. The lowest BCUT2D eigenvalue weighted by atomic mass is 10.0. The standard InChI is InChI=1S/C24H25F3N6O/c1-34-13-12-31-23(32-16-7-6-15-4-2-10-29-20(15)14-16)17-8-9-19(33-22(17)28)21-18(24(25,26)27)5-3-11-30-21/h3,5-9,11,14,29H,2,4,10,12-13H2,1H3,(H2,28,33)(H,31,32). The number of nitrogens with zero attached hydrogens (tertiary/aromatic N) is 3. The van der Waals surface area contributed by atoms with Crippen molar-refractivity contribution in [1.82, 2.24) is 9.97 Å². The number of nitrogens with one attached hydrogen (secondary N) is 2. The number of halogens is 3. The van der Waals surface area contributed by atoms with E-state index in [0.717, 1.165) is 36.8 Å². The van der Waals surface area contributed by atoms with E-state index in [1.165, 1.54) is 23.9 Å². The van der Waals surface area contributed by atoms with Crippen molar-refractivity contribution >= 4 is 23.0 Å². The number of anilines is 3. The number of pyridine rings is 2. The van der Waals surface area contributed by atoms with Crippen LogP contribution in [0.4, 0.5) is 30.4 Å². The number of fused-ring (bicyclic) bond motifs is 1. The van der Waals surface area contributed by atoms with Gasteiger partial charge in [0.25, 0.3) is 0 Å². The number of rotatable bonds is 6. The Hall–Kier alpha value is -3.66. The van der Waals surface area contributed by atoms with Gasteiger partial charge in [0.05, 0.1) is 30.0 Å². The van der Waals surface area contributed by atoms with Crippen LogP contribution in [0.3, 0.4) is 0 Å². The molecular weight excluding hydrogens is 445 g/mol. The average Bonchev–Trinajstić information content (AvgIpc) is 2.83. The molecule has 178 valence electrons. The van der Waals surface area contributed by atoms with E-state index in [9.17, 15) is 13.2 Å². The number of aromatic nitrogens is 2. The summed E-state index contributed by atoms with van der Waals surface area (Å²) in [6, 6.07) is 11.3. The molecule has 0 atom stereocenters. The molecule has 3 heterocycles. The first kappa shape index (κ1) is 23.5. The number of ether oxygens (including phenoxy) is 1. The number of hydrogen-bond acceptors (Lipinski definition) is 6. The maximum Gasteiger partial charge on any atom is 0.418 e. The lowest BCUT2D eigenvalue weighted by Crippen LogP contribution is -2.19. The van der Waals surface area contributed by atoms with Crippen molar-refractivity contribution in [3.05, 3.63) is 65.4 Å². The molecule has 1 aromatic carbocycles. The van der Waals surface area contributed by atoms with Crippen molar-refractivity contribution in [2.75, 3.05) is 43.2 Å². The minimum Gasteiger partial charge on any atom is -0.385 e. The summed E-state index contributed by atoms with van der Waals surface area (Å²) in [6.45, 7) is 1.67. The Labute approximate surface area is 195 Å². The molecule has 34 heavy (non-hydrogen) atoms. The molecule has 3 aromatic rings. The van der Waals surface area contributed by atoms with E-state index in [1.807, 2.05) is 12.1 Å². The predicted octanol–water partition coefficient (Wildman–Crippen LogP) is 4.61. The minimum atomic E-state index is -4.56. The van der Waals surface area contributed by atoms with Gasteiger partial charge in [0.15, 0.2) is 0 Å². The molecule has 0 unspecified atom stereocenters. The van der Waals surface area contributed by atoms with E-state index in [2.05, 4.69) is 31.7 Å². The number of benzene rings is 1. The van der Waals surface area contributed by atoms with Crippen LogP contribution in [0.5, 0.6) is 0 Å². The molecule has 7 nitrogen and oxygen atoms in total. The minimum absolute atomic E-state index is 0.0309. The van der Waals surface area contributed by atoms with E-state index < -0.39 is 11.7 Å². The van der Waals surface area contributed by atoms with Crippen LogP contribution in [0.15, 0.2) is 53.7 Å². The van der Waals surface area contributed by atoms with Crippen LogP contribution in [-0.4, -0.2) is 42.6 Å². The molecule has 0 saturated heterocycles. The number of nitrogens with two attached hydrogens (primary N) is 1. The van der Waals surface area contributed by atoms with Gasteiger partial charge in [-0.25, -0.2) is 4.98 Å².